The fraction of sp³-hybridized carbons (Fsp3) is 0.556. The normalized spacial score (nSPS) is 10.3. The molecule has 1 rings (SSSR count). The summed E-state index contributed by atoms with van der Waals surface area (Å²) in [4.78, 5) is 10.6. The van der Waals surface area contributed by atoms with Gasteiger partial charge in [0.25, 0.3) is 0 Å². The van der Waals surface area contributed by atoms with Crippen LogP contribution in [0, 0.1) is 13.8 Å². The number of hydrogen-bond donors (Lipinski definition) is 0. The summed E-state index contributed by atoms with van der Waals surface area (Å²) >= 11 is 2.48. The molecule has 4 heteroatoms. The van der Waals surface area contributed by atoms with Crippen LogP contribution in [0.25, 0.3) is 0 Å². The van der Waals surface area contributed by atoms with E-state index < -0.39 is 0 Å². The fourth-order valence-corrected chi connectivity index (χ4v) is 1.58. The molecule has 0 bridgehead atoms. The van der Waals surface area contributed by atoms with E-state index in [0.29, 0.717) is 6.42 Å². The van der Waals surface area contributed by atoms with Crippen molar-refractivity contribution in [1.29, 1.82) is 0 Å². The molecule has 13 heavy (non-hydrogen) atoms. The van der Waals surface area contributed by atoms with Crippen LogP contribution in [-0.4, -0.2) is 30.5 Å². The molecule has 0 saturated carbocycles. The number of hydrogen-bond acceptors (Lipinski definition) is 2. The van der Waals surface area contributed by atoms with Gasteiger partial charge < -0.3 is 0 Å². The Balaban J connectivity index is 2.45. The summed E-state index contributed by atoms with van der Waals surface area (Å²) in [5, 5.41) is 4.30. The Hall–Kier alpha value is -0.601. The number of rotatable bonds is 4. The average molecular weight is 244 g/mol. The zero-order valence-corrected chi connectivity index (χ0v) is 9.62. The molecular weight excluding hydrogens is 231 g/mol. The van der Waals surface area contributed by atoms with Crippen LogP contribution in [0.15, 0.2) is 6.07 Å². The zero-order valence-electron chi connectivity index (χ0n) is 7.91. The van der Waals surface area contributed by atoms with Gasteiger partial charge in [-0.3, -0.25) is 0 Å². The molecule has 1 aromatic rings. The molecule has 0 N–H and O–H groups in total. The first-order valence-electron chi connectivity index (χ1n) is 4.30. The van der Waals surface area contributed by atoms with E-state index in [2.05, 4.69) is 21.1 Å². The molecule has 0 aliphatic carbocycles. The SMILES string of the molecule is Cc1cc(C)n(CCCC(=O)[Se])n1. The summed E-state index contributed by atoms with van der Waals surface area (Å²) in [6.07, 6.45) is 1.45. The molecule has 0 spiro atoms. The van der Waals surface area contributed by atoms with Crippen LogP contribution in [0.4, 0.5) is 0 Å². The Morgan fingerprint density at radius 1 is 1.62 bits per heavy atom. The molecule has 71 valence electrons. The third kappa shape index (κ3) is 3.33. The number of aromatic nitrogens is 2. The second-order valence-corrected chi connectivity index (χ2v) is 4.08. The van der Waals surface area contributed by atoms with Gasteiger partial charge in [-0.05, 0) is 0 Å². The Morgan fingerprint density at radius 2 is 2.31 bits per heavy atom. The van der Waals surface area contributed by atoms with E-state index in [1.165, 1.54) is 0 Å². The van der Waals surface area contributed by atoms with Crippen molar-refractivity contribution in [3.8, 4) is 0 Å². The third-order valence-corrected chi connectivity index (χ3v) is 2.28. The summed E-state index contributed by atoms with van der Waals surface area (Å²) in [7, 11) is 0. The summed E-state index contributed by atoms with van der Waals surface area (Å²) in [6, 6.07) is 2.04. The zero-order chi connectivity index (χ0) is 9.84. The van der Waals surface area contributed by atoms with E-state index in [0.717, 1.165) is 24.4 Å². The molecule has 0 atom stereocenters. The first kappa shape index (κ1) is 10.5. The van der Waals surface area contributed by atoms with Crippen molar-refractivity contribution in [2.75, 3.05) is 0 Å². The minimum atomic E-state index is 0.126. The molecule has 1 aromatic heterocycles. The number of carbonyl (C=O) groups excluding carboxylic acids is 1. The standard InChI is InChI=1S/C9H13N2OSe/c1-7-6-8(2)11(10-7)5-3-4-9(12)13/h6H,3-5H2,1-2H3. The molecule has 0 aliphatic heterocycles. The van der Waals surface area contributed by atoms with Gasteiger partial charge in [0.05, 0.1) is 0 Å². The number of nitrogens with zero attached hydrogens (tertiary/aromatic N) is 2. The monoisotopic (exact) mass is 245 g/mol. The molecule has 3 nitrogen and oxygen atoms in total. The van der Waals surface area contributed by atoms with Gasteiger partial charge >= 0.3 is 86.0 Å². The van der Waals surface area contributed by atoms with Gasteiger partial charge in [-0.2, -0.15) is 0 Å². The van der Waals surface area contributed by atoms with Gasteiger partial charge in [0.1, 0.15) is 0 Å². The Bertz CT molecular complexity index is 307. The summed E-state index contributed by atoms with van der Waals surface area (Å²) in [6.45, 7) is 4.83. The Morgan fingerprint density at radius 3 is 2.77 bits per heavy atom. The molecule has 1 radical (unpaired) electrons. The topological polar surface area (TPSA) is 34.9 Å². The Kier molecular flexibility index (Phi) is 3.70. The molecule has 0 aromatic carbocycles. The van der Waals surface area contributed by atoms with E-state index in [-0.39, 0.29) is 4.68 Å². The van der Waals surface area contributed by atoms with Crippen molar-refractivity contribution >= 4 is 20.7 Å². The minimum absolute atomic E-state index is 0.126. The second kappa shape index (κ2) is 4.58. The van der Waals surface area contributed by atoms with Crippen LogP contribution >= 0.6 is 0 Å². The van der Waals surface area contributed by atoms with Gasteiger partial charge in [-0.1, -0.05) is 0 Å². The predicted molar refractivity (Wildman–Crippen MR) is 51.7 cm³/mol. The summed E-state index contributed by atoms with van der Waals surface area (Å²) in [5.41, 5.74) is 2.19. The quantitative estimate of drug-likeness (QED) is 0.740. The number of carbonyl (C=O) groups is 1. The first-order chi connectivity index (χ1) is 6.09. The van der Waals surface area contributed by atoms with Crippen molar-refractivity contribution in [3.63, 3.8) is 0 Å². The predicted octanol–water partition coefficient (Wildman–Crippen LogP) is 0.975. The van der Waals surface area contributed by atoms with Crippen molar-refractivity contribution in [1.82, 2.24) is 9.78 Å². The van der Waals surface area contributed by atoms with Gasteiger partial charge in [0.15, 0.2) is 0 Å². The molecule has 0 amide bonds. The molecule has 1 heterocycles. The molecule has 0 unspecified atom stereocenters. The summed E-state index contributed by atoms with van der Waals surface area (Å²) < 4.78 is 2.07. The first-order valence-corrected chi connectivity index (χ1v) is 5.16. The summed E-state index contributed by atoms with van der Waals surface area (Å²) in [5.74, 6) is 0. The molecule has 0 fully saturated rings. The van der Waals surface area contributed by atoms with Crippen molar-refractivity contribution in [2.45, 2.75) is 33.2 Å². The maximum absolute atomic E-state index is 10.6. The van der Waals surface area contributed by atoms with E-state index in [1.54, 1.807) is 0 Å². The fourth-order valence-electron chi connectivity index (χ4n) is 1.27. The van der Waals surface area contributed by atoms with E-state index >= 15 is 0 Å². The van der Waals surface area contributed by atoms with Crippen LogP contribution in [0.3, 0.4) is 0 Å². The average Bonchev–Trinajstić information content (AvgIpc) is 2.29. The van der Waals surface area contributed by atoms with Gasteiger partial charge in [0, 0.05) is 0 Å². The van der Waals surface area contributed by atoms with Crippen molar-refractivity contribution in [2.24, 2.45) is 0 Å². The van der Waals surface area contributed by atoms with Crippen LogP contribution in [0.2, 0.25) is 0 Å². The Labute approximate surface area is 86.3 Å². The number of aryl methyl sites for hydroxylation is 3. The van der Waals surface area contributed by atoms with E-state index in [1.807, 2.05) is 24.6 Å². The van der Waals surface area contributed by atoms with Crippen molar-refractivity contribution < 1.29 is 4.79 Å². The second-order valence-electron chi connectivity index (χ2n) is 3.13. The van der Waals surface area contributed by atoms with E-state index in [9.17, 15) is 4.79 Å². The van der Waals surface area contributed by atoms with Crippen LogP contribution < -0.4 is 0 Å². The van der Waals surface area contributed by atoms with Gasteiger partial charge in [-0.25, -0.2) is 0 Å². The van der Waals surface area contributed by atoms with Crippen LogP contribution in [-0.2, 0) is 11.3 Å². The van der Waals surface area contributed by atoms with Crippen LogP contribution in [0.1, 0.15) is 24.2 Å². The third-order valence-electron chi connectivity index (χ3n) is 1.85. The molecular formula is C9H13N2OSe. The maximum atomic E-state index is 10.6. The van der Waals surface area contributed by atoms with Gasteiger partial charge in [-0.15, -0.1) is 0 Å². The van der Waals surface area contributed by atoms with Gasteiger partial charge in [0.2, 0.25) is 0 Å². The molecule has 0 aliphatic rings. The molecule has 0 saturated heterocycles. The van der Waals surface area contributed by atoms with Crippen molar-refractivity contribution in [3.05, 3.63) is 17.5 Å². The van der Waals surface area contributed by atoms with E-state index in [4.69, 9.17) is 0 Å². The van der Waals surface area contributed by atoms with Crippen LogP contribution in [0.5, 0.6) is 0 Å².